The van der Waals surface area contributed by atoms with Gasteiger partial charge in [-0.25, -0.2) is 0 Å². The van der Waals surface area contributed by atoms with Crippen molar-refractivity contribution in [3.8, 4) is 0 Å². The standard InChI is InChI=1S/C31H42N2O4S/c1-3-26-25(20-27(38-26)30(36)22-12-8-5-9-13-22)29(21-10-6-4-7-11-21)32-24-16-14-23(15-17-24)31(37)33(2)19-18-28(34)35/h14-17,20-22,29,32H,3-13,18-19H2,1-2H3,(H,34,35). The molecule has 206 valence electrons. The van der Waals surface area contributed by atoms with Crippen LogP contribution in [-0.4, -0.2) is 41.3 Å². The van der Waals surface area contributed by atoms with Crippen molar-refractivity contribution >= 4 is 34.7 Å². The van der Waals surface area contributed by atoms with Crippen LogP contribution in [0.25, 0.3) is 0 Å². The average Bonchev–Trinajstić information content (AvgIpc) is 3.39. The summed E-state index contributed by atoms with van der Waals surface area (Å²) < 4.78 is 0. The first kappa shape index (κ1) is 28.3. The molecule has 0 spiro atoms. The Hall–Kier alpha value is -2.67. The van der Waals surface area contributed by atoms with Gasteiger partial charge in [0, 0.05) is 35.6 Å². The van der Waals surface area contributed by atoms with Gasteiger partial charge in [-0.15, -0.1) is 11.3 Å². The van der Waals surface area contributed by atoms with Crippen LogP contribution in [0.1, 0.15) is 114 Å². The summed E-state index contributed by atoms with van der Waals surface area (Å²) in [4.78, 5) is 40.7. The normalized spacial score (nSPS) is 17.6. The second kappa shape index (κ2) is 13.4. The first-order valence-corrected chi connectivity index (χ1v) is 15.2. The molecule has 38 heavy (non-hydrogen) atoms. The Morgan fingerprint density at radius 3 is 2.24 bits per heavy atom. The van der Waals surface area contributed by atoms with E-state index in [1.807, 2.05) is 24.3 Å². The Morgan fingerprint density at radius 1 is 1.00 bits per heavy atom. The summed E-state index contributed by atoms with van der Waals surface area (Å²) in [5, 5.41) is 12.7. The van der Waals surface area contributed by atoms with Crippen LogP contribution in [0, 0.1) is 11.8 Å². The van der Waals surface area contributed by atoms with E-state index in [1.54, 1.807) is 18.4 Å². The van der Waals surface area contributed by atoms with Gasteiger partial charge in [0.05, 0.1) is 17.3 Å². The number of carbonyl (C=O) groups excluding carboxylic acids is 2. The van der Waals surface area contributed by atoms with Gasteiger partial charge in [0.1, 0.15) is 0 Å². The average molecular weight is 539 g/mol. The van der Waals surface area contributed by atoms with Gasteiger partial charge in [-0.2, -0.15) is 0 Å². The summed E-state index contributed by atoms with van der Waals surface area (Å²) in [6.07, 6.45) is 12.6. The molecule has 0 saturated heterocycles. The van der Waals surface area contributed by atoms with Gasteiger partial charge in [0.2, 0.25) is 0 Å². The topological polar surface area (TPSA) is 86.7 Å². The molecule has 1 aromatic carbocycles. The first-order chi connectivity index (χ1) is 18.4. The number of aliphatic carboxylic acids is 1. The molecule has 0 radical (unpaired) electrons. The number of carbonyl (C=O) groups is 3. The van der Waals surface area contributed by atoms with E-state index in [4.69, 9.17) is 5.11 Å². The van der Waals surface area contributed by atoms with Crippen LogP contribution in [-0.2, 0) is 11.2 Å². The Balaban J connectivity index is 1.55. The van der Waals surface area contributed by atoms with Crippen molar-refractivity contribution in [2.45, 2.75) is 90.0 Å². The van der Waals surface area contributed by atoms with E-state index >= 15 is 0 Å². The monoisotopic (exact) mass is 538 g/mol. The lowest BCUT2D eigenvalue weighted by atomic mass is 9.80. The van der Waals surface area contributed by atoms with E-state index in [1.165, 1.54) is 53.9 Å². The SMILES string of the molecule is CCc1sc(C(=O)C2CCCCC2)cc1C(Nc1ccc(C(=O)N(C)CCC(=O)O)cc1)C1CCCCC1. The molecular weight excluding hydrogens is 496 g/mol. The van der Waals surface area contributed by atoms with Gasteiger partial charge >= 0.3 is 5.97 Å². The van der Waals surface area contributed by atoms with Gasteiger partial charge in [-0.05, 0) is 73.9 Å². The lowest BCUT2D eigenvalue weighted by Crippen LogP contribution is -2.29. The second-order valence-corrected chi connectivity index (χ2v) is 12.1. The number of hydrogen-bond donors (Lipinski definition) is 2. The molecule has 2 aromatic rings. The summed E-state index contributed by atoms with van der Waals surface area (Å²) in [5.74, 6) is -0.0718. The minimum absolute atomic E-state index is 0.0728. The van der Waals surface area contributed by atoms with Crippen molar-refractivity contribution in [2.75, 3.05) is 18.9 Å². The van der Waals surface area contributed by atoms with Crippen molar-refractivity contribution in [3.05, 3.63) is 51.2 Å². The van der Waals surface area contributed by atoms with Crippen molar-refractivity contribution in [3.63, 3.8) is 0 Å². The summed E-state index contributed by atoms with van der Waals surface area (Å²) >= 11 is 1.70. The third-order valence-corrected chi connectivity index (χ3v) is 9.61. The summed E-state index contributed by atoms with van der Waals surface area (Å²) in [6.45, 7) is 2.36. The van der Waals surface area contributed by atoms with Crippen LogP contribution >= 0.6 is 11.3 Å². The zero-order valence-electron chi connectivity index (χ0n) is 22.8. The number of anilines is 1. The molecule has 1 aromatic heterocycles. The largest absolute Gasteiger partial charge is 0.481 e. The number of carboxylic acids is 1. The van der Waals surface area contributed by atoms with Crippen LogP contribution in [0.5, 0.6) is 0 Å². The Bertz CT molecular complexity index is 1100. The number of benzene rings is 1. The number of ketones is 1. The molecule has 2 aliphatic carbocycles. The molecule has 2 saturated carbocycles. The highest BCUT2D eigenvalue weighted by Gasteiger charge is 2.31. The predicted octanol–water partition coefficient (Wildman–Crippen LogP) is 7.35. The zero-order chi connectivity index (χ0) is 27.1. The van der Waals surface area contributed by atoms with Gasteiger partial charge < -0.3 is 15.3 Å². The number of nitrogens with one attached hydrogen (secondary N) is 1. The molecule has 2 N–H and O–H groups in total. The summed E-state index contributed by atoms with van der Waals surface area (Å²) in [5.41, 5.74) is 2.78. The molecule has 2 aliphatic rings. The van der Waals surface area contributed by atoms with Gasteiger partial charge in [-0.3, -0.25) is 14.4 Å². The Labute approximate surface area is 230 Å². The third kappa shape index (κ3) is 7.04. The minimum Gasteiger partial charge on any atom is -0.481 e. The maximum atomic E-state index is 13.4. The molecule has 2 fully saturated rings. The molecule has 1 unspecified atom stereocenters. The molecule has 1 atom stereocenters. The number of Topliss-reactive ketones (excluding diaryl/α,β-unsaturated/α-hetero) is 1. The number of rotatable bonds is 11. The minimum atomic E-state index is -0.915. The highest BCUT2D eigenvalue weighted by molar-refractivity contribution is 7.14. The Kier molecular flexibility index (Phi) is 10.0. The van der Waals surface area contributed by atoms with Gasteiger partial charge in [-0.1, -0.05) is 45.4 Å². The van der Waals surface area contributed by atoms with E-state index < -0.39 is 5.97 Å². The van der Waals surface area contributed by atoms with Crippen molar-refractivity contribution < 1.29 is 19.5 Å². The van der Waals surface area contributed by atoms with Crippen molar-refractivity contribution in [2.24, 2.45) is 11.8 Å². The summed E-state index contributed by atoms with van der Waals surface area (Å²) in [7, 11) is 1.63. The predicted molar refractivity (Wildman–Crippen MR) is 153 cm³/mol. The second-order valence-electron chi connectivity index (χ2n) is 11.0. The molecule has 6 nitrogen and oxygen atoms in total. The molecule has 0 aliphatic heterocycles. The van der Waals surface area contributed by atoms with Crippen LogP contribution < -0.4 is 5.32 Å². The van der Waals surface area contributed by atoms with Crippen LogP contribution in [0.2, 0.25) is 0 Å². The number of carboxylic acid groups (broad SMARTS) is 1. The zero-order valence-corrected chi connectivity index (χ0v) is 23.7. The van der Waals surface area contributed by atoms with Crippen LogP contribution in [0.3, 0.4) is 0 Å². The van der Waals surface area contributed by atoms with E-state index in [2.05, 4.69) is 18.3 Å². The molecule has 7 heteroatoms. The maximum Gasteiger partial charge on any atom is 0.305 e. The summed E-state index contributed by atoms with van der Waals surface area (Å²) in [6, 6.07) is 9.84. The number of hydrogen-bond acceptors (Lipinski definition) is 5. The number of aryl methyl sites for hydroxylation is 1. The Morgan fingerprint density at radius 2 is 1.63 bits per heavy atom. The van der Waals surface area contributed by atoms with E-state index in [0.29, 0.717) is 17.3 Å². The van der Waals surface area contributed by atoms with Gasteiger partial charge in [0.25, 0.3) is 5.91 Å². The van der Waals surface area contributed by atoms with Gasteiger partial charge in [0.15, 0.2) is 5.78 Å². The maximum absolute atomic E-state index is 13.4. The quantitative estimate of drug-likeness (QED) is 0.292. The number of thiophene rings is 1. The first-order valence-electron chi connectivity index (χ1n) is 14.4. The molecule has 1 heterocycles. The highest BCUT2D eigenvalue weighted by atomic mass is 32.1. The smallest absolute Gasteiger partial charge is 0.305 e. The fourth-order valence-electron chi connectivity index (χ4n) is 6.06. The number of amides is 1. The lowest BCUT2D eigenvalue weighted by molar-refractivity contribution is -0.137. The van der Waals surface area contributed by atoms with Crippen LogP contribution in [0.15, 0.2) is 30.3 Å². The fourth-order valence-corrected chi connectivity index (χ4v) is 7.23. The van der Waals surface area contributed by atoms with E-state index in [9.17, 15) is 14.4 Å². The van der Waals surface area contributed by atoms with Crippen LogP contribution in [0.4, 0.5) is 5.69 Å². The number of nitrogens with zero attached hydrogens (tertiary/aromatic N) is 1. The van der Waals surface area contributed by atoms with E-state index in [0.717, 1.165) is 42.7 Å². The molecular formula is C31H42N2O4S. The van der Waals surface area contributed by atoms with Crippen molar-refractivity contribution in [1.82, 2.24) is 4.90 Å². The lowest BCUT2D eigenvalue weighted by Gasteiger charge is -2.32. The highest BCUT2D eigenvalue weighted by Crippen LogP contribution is 2.41. The molecule has 0 bridgehead atoms. The molecule has 4 rings (SSSR count). The fraction of sp³-hybridized carbons (Fsp3) is 0.581. The van der Waals surface area contributed by atoms with Crippen molar-refractivity contribution in [1.29, 1.82) is 0 Å². The third-order valence-electron chi connectivity index (χ3n) is 8.30. The molecule has 1 amide bonds. The van der Waals surface area contributed by atoms with E-state index in [-0.39, 0.29) is 30.8 Å².